The highest BCUT2D eigenvalue weighted by atomic mass is 16.6. The number of fused-ring (bicyclic) bond motifs is 6. The molecule has 0 spiro atoms. The molecule has 1 amide bonds. The van der Waals surface area contributed by atoms with Gasteiger partial charge in [0.1, 0.15) is 18.8 Å². The number of ether oxygens (including phenoxy) is 7. The molecule has 344 valence electrons. The molecule has 0 aliphatic carbocycles. The van der Waals surface area contributed by atoms with E-state index >= 15 is 0 Å². The van der Waals surface area contributed by atoms with Gasteiger partial charge in [0.05, 0.1) is 52.9 Å². The molecule has 0 atom stereocenters. The van der Waals surface area contributed by atoms with Gasteiger partial charge < -0.3 is 43.6 Å². The zero-order valence-electron chi connectivity index (χ0n) is 37.4. The fraction of sp³-hybridized carbons (Fsp3) is 0.309. The van der Waals surface area contributed by atoms with Crippen molar-refractivity contribution < 1.29 is 47.9 Å². The molecule has 4 bridgehead atoms. The maximum Gasteiger partial charge on any atom is 0.311 e. The first kappa shape index (κ1) is 47.5. The number of hydrogen-bond donors (Lipinski definition) is 2. The molecule has 11 heteroatoms. The molecule has 1 aliphatic heterocycles. The number of phenols is 1. The van der Waals surface area contributed by atoms with Crippen molar-refractivity contribution in [3.63, 3.8) is 0 Å². The van der Waals surface area contributed by atoms with Crippen LogP contribution in [0.25, 0.3) is 10.8 Å². The van der Waals surface area contributed by atoms with Crippen LogP contribution in [0.15, 0.2) is 152 Å². The van der Waals surface area contributed by atoms with Crippen molar-refractivity contribution in [3.8, 4) is 23.0 Å². The Morgan fingerprint density at radius 1 is 0.576 bits per heavy atom. The van der Waals surface area contributed by atoms with Gasteiger partial charge in [-0.05, 0) is 65.3 Å². The van der Waals surface area contributed by atoms with Crippen LogP contribution in [0.4, 0.5) is 0 Å². The summed E-state index contributed by atoms with van der Waals surface area (Å²) in [5.41, 5.74) is 4.01. The standard InChI is InChI=1S/C55H59NO10/c1-41-38-43-17-15-25-49(53(43)59)64-36-34-62-32-30-60-28-29-61-31-33-63-35-37-65-50-40-42-16-11-12-24-47(42)48(39-41)54(50)66-52(58)27-14-13-26-51(57)56-55(44-18-5-2-6-19-44,45-20-7-3-8-21-45)46-22-9-4-10-23-46/h2-12,15-25,40,59H,1,13-14,26-39H2,(H,56,57). The quantitative estimate of drug-likeness (QED) is 0.0451. The number of rotatable bonds is 10. The van der Waals surface area contributed by atoms with E-state index in [9.17, 15) is 14.7 Å². The van der Waals surface area contributed by atoms with E-state index in [4.69, 9.17) is 33.2 Å². The summed E-state index contributed by atoms with van der Waals surface area (Å²) in [6.07, 6.45) is 1.79. The zero-order chi connectivity index (χ0) is 45.8. The van der Waals surface area contributed by atoms with Gasteiger partial charge in [0.2, 0.25) is 5.91 Å². The molecular formula is C55H59NO10. The van der Waals surface area contributed by atoms with Crippen LogP contribution >= 0.6 is 0 Å². The lowest BCUT2D eigenvalue weighted by Crippen LogP contribution is -2.47. The number of amides is 1. The Labute approximate surface area is 387 Å². The molecule has 0 radical (unpaired) electrons. The summed E-state index contributed by atoms with van der Waals surface area (Å²) in [5.74, 6) is 0.469. The first-order valence-corrected chi connectivity index (χ1v) is 22.7. The summed E-state index contributed by atoms with van der Waals surface area (Å²) < 4.78 is 41.1. The van der Waals surface area contributed by atoms with Crippen LogP contribution in [0.5, 0.6) is 23.0 Å². The largest absolute Gasteiger partial charge is 0.504 e. The predicted octanol–water partition coefficient (Wildman–Crippen LogP) is 9.30. The summed E-state index contributed by atoms with van der Waals surface area (Å²) >= 11 is 0. The Kier molecular flexibility index (Phi) is 17.8. The third-order valence-corrected chi connectivity index (χ3v) is 11.3. The molecule has 1 heterocycles. The minimum absolute atomic E-state index is 0.0284. The van der Waals surface area contributed by atoms with E-state index in [1.54, 1.807) is 6.07 Å². The monoisotopic (exact) mass is 893 g/mol. The number of carbonyl (C=O) groups is 2. The number of aromatic hydroxyl groups is 1. The number of carbonyl (C=O) groups excluding carboxylic acids is 2. The van der Waals surface area contributed by atoms with E-state index in [1.807, 2.05) is 133 Å². The number of benzene rings is 6. The molecule has 11 nitrogen and oxygen atoms in total. The minimum atomic E-state index is -0.933. The van der Waals surface area contributed by atoms with Gasteiger partial charge in [-0.2, -0.15) is 0 Å². The Bertz CT molecular complexity index is 2380. The van der Waals surface area contributed by atoms with Gasteiger partial charge in [-0.15, -0.1) is 0 Å². The van der Waals surface area contributed by atoms with Gasteiger partial charge in [-0.25, -0.2) is 0 Å². The van der Waals surface area contributed by atoms with Crippen molar-refractivity contribution >= 4 is 22.6 Å². The normalized spacial score (nSPS) is 15.0. The number of phenolic OH excluding ortho intramolecular Hbond substituents is 1. The Hall–Kier alpha value is -6.50. The predicted molar refractivity (Wildman–Crippen MR) is 254 cm³/mol. The topological polar surface area (TPSA) is 131 Å². The van der Waals surface area contributed by atoms with Gasteiger partial charge in [0.25, 0.3) is 0 Å². The number of para-hydroxylation sites is 1. The lowest BCUT2D eigenvalue weighted by molar-refractivity contribution is -0.135. The van der Waals surface area contributed by atoms with Crippen LogP contribution in [-0.4, -0.2) is 83.1 Å². The molecule has 66 heavy (non-hydrogen) atoms. The summed E-state index contributed by atoms with van der Waals surface area (Å²) in [6, 6.07) is 45.0. The smallest absolute Gasteiger partial charge is 0.311 e. The summed E-state index contributed by atoms with van der Waals surface area (Å²) in [6.45, 7) is 7.90. The van der Waals surface area contributed by atoms with Gasteiger partial charge in [0.15, 0.2) is 23.0 Å². The second kappa shape index (κ2) is 24.7. The van der Waals surface area contributed by atoms with E-state index in [0.717, 1.165) is 38.6 Å². The maximum absolute atomic E-state index is 14.0. The van der Waals surface area contributed by atoms with Gasteiger partial charge in [-0.3, -0.25) is 9.59 Å². The van der Waals surface area contributed by atoms with Crippen LogP contribution in [0, 0.1) is 0 Å². The summed E-state index contributed by atoms with van der Waals surface area (Å²) in [5, 5.41) is 16.4. The van der Waals surface area contributed by atoms with Gasteiger partial charge in [0, 0.05) is 24.0 Å². The molecule has 1 aliphatic rings. The Balaban J connectivity index is 1.07. The lowest BCUT2D eigenvalue weighted by atomic mass is 9.77. The van der Waals surface area contributed by atoms with Crippen molar-refractivity contribution in [2.45, 2.75) is 44.1 Å². The number of hydrogen-bond acceptors (Lipinski definition) is 10. The number of allylic oxidation sites excluding steroid dienone is 1. The second-order valence-electron chi connectivity index (χ2n) is 16.0. The Morgan fingerprint density at radius 2 is 1.08 bits per heavy atom. The van der Waals surface area contributed by atoms with Crippen LogP contribution in [0.2, 0.25) is 0 Å². The van der Waals surface area contributed by atoms with Crippen LogP contribution in [0.3, 0.4) is 0 Å². The third kappa shape index (κ3) is 12.9. The van der Waals surface area contributed by atoms with Crippen LogP contribution in [-0.2, 0) is 46.9 Å². The maximum atomic E-state index is 14.0. The minimum Gasteiger partial charge on any atom is -0.504 e. The molecule has 0 saturated carbocycles. The number of unbranched alkanes of at least 4 members (excludes halogenated alkanes) is 1. The lowest BCUT2D eigenvalue weighted by Gasteiger charge is -2.37. The molecule has 2 N–H and O–H groups in total. The first-order chi connectivity index (χ1) is 32.4. The first-order valence-electron chi connectivity index (χ1n) is 22.7. The van der Waals surface area contributed by atoms with E-state index in [1.165, 1.54) is 0 Å². The van der Waals surface area contributed by atoms with Crippen molar-refractivity contribution in [1.82, 2.24) is 5.32 Å². The molecule has 7 rings (SSSR count). The van der Waals surface area contributed by atoms with Gasteiger partial charge >= 0.3 is 5.97 Å². The number of esters is 1. The molecular weight excluding hydrogens is 835 g/mol. The van der Waals surface area contributed by atoms with Crippen molar-refractivity contribution in [2.75, 3.05) is 66.1 Å². The SMILES string of the molecule is C=C1Cc2cccc(c2O)OCCOCCOCCOCCOCCOc2cc3ccccc3c(c2OC(=O)CCCCC(=O)NC(c2ccccc2)(c2ccccc2)c2ccccc2)C1. The van der Waals surface area contributed by atoms with Crippen molar-refractivity contribution in [2.24, 2.45) is 0 Å². The van der Waals surface area contributed by atoms with E-state index in [2.05, 4.69) is 11.9 Å². The summed E-state index contributed by atoms with van der Waals surface area (Å²) in [4.78, 5) is 27.9. The van der Waals surface area contributed by atoms with Gasteiger partial charge in [-0.1, -0.05) is 140 Å². The van der Waals surface area contributed by atoms with E-state index in [0.29, 0.717) is 94.7 Å². The molecule has 0 fully saturated rings. The number of nitrogens with one attached hydrogen (secondary N) is 1. The molecule has 0 saturated heterocycles. The molecule has 6 aromatic rings. The zero-order valence-corrected chi connectivity index (χ0v) is 37.4. The second-order valence-corrected chi connectivity index (χ2v) is 16.0. The average Bonchev–Trinajstić information content (AvgIpc) is 3.34. The van der Waals surface area contributed by atoms with E-state index < -0.39 is 11.5 Å². The highest BCUT2D eigenvalue weighted by molar-refractivity contribution is 5.91. The van der Waals surface area contributed by atoms with Crippen LogP contribution in [0.1, 0.15) is 53.5 Å². The summed E-state index contributed by atoms with van der Waals surface area (Å²) in [7, 11) is 0. The molecule has 0 unspecified atom stereocenters. The van der Waals surface area contributed by atoms with Crippen molar-refractivity contribution in [1.29, 1.82) is 0 Å². The molecule has 6 aromatic carbocycles. The van der Waals surface area contributed by atoms with E-state index in [-0.39, 0.29) is 44.3 Å². The fourth-order valence-electron chi connectivity index (χ4n) is 8.13. The highest BCUT2D eigenvalue weighted by Gasteiger charge is 2.37. The van der Waals surface area contributed by atoms with Crippen LogP contribution < -0.4 is 19.5 Å². The fourth-order valence-corrected chi connectivity index (χ4v) is 8.13. The highest BCUT2D eigenvalue weighted by Crippen LogP contribution is 2.41. The Morgan fingerprint density at radius 3 is 1.65 bits per heavy atom. The molecule has 0 aromatic heterocycles. The third-order valence-electron chi connectivity index (χ3n) is 11.3. The average molecular weight is 894 g/mol. The van der Waals surface area contributed by atoms with Crippen molar-refractivity contribution in [3.05, 3.63) is 179 Å².